The first kappa shape index (κ1) is 11.7. The van der Waals surface area contributed by atoms with Crippen LogP contribution in [0.1, 0.15) is 23.2 Å². The van der Waals surface area contributed by atoms with Crippen LogP contribution in [0.25, 0.3) is 0 Å². The van der Waals surface area contributed by atoms with Crippen LogP contribution in [0.2, 0.25) is 0 Å². The zero-order valence-corrected chi connectivity index (χ0v) is 10.3. The molecule has 4 heteroatoms. The third kappa shape index (κ3) is 1.56. The number of benzene rings is 1. The topological polar surface area (TPSA) is 60.8 Å². The highest BCUT2D eigenvalue weighted by Gasteiger charge is 2.46. The van der Waals surface area contributed by atoms with Gasteiger partial charge in [-0.1, -0.05) is 12.1 Å². The molecule has 4 unspecified atom stereocenters. The van der Waals surface area contributed by atoms with Gasteiger partial charge < -0.3 is 15.1 Å². The van der Waals surface area contributed by atoms with Gasteiger partial charge in [0.05, 0.1) is 18.1 Å². The lowest BCUT2D eigenvalue weighted by molar-refractivity contribution is -0.00569. The molecule has 2 aliphatic rings. The number of carbonyl (C=O) groups is 1. The molecule has 1 aliphatic carbocycles. The number of hydrogen-bond donors (Lipinski definition) is 2. The highest BCUT2D eigenvalue weighted by Crippen LogP contribution is 2.39. The zero-order valence-electron chi connectivity index (χ0n) is 10.3. The molecular formula is C14H17NO3. The fraction of sp³-hybridized carbons (Fsp3) is 0.500. The summed E-state index contributed by atoms with van der Waals surface area (Å²) in [6.07, 6.45) is -0.440. The number of para-hydroxylation sites is 1. The predicted molar refractivity (Wildman–Crippen MR) is 67.7 cm³/mol. The lowest BCUT2D eigenvalue weighted by Crippen LogP contribution is -2.56. The Bertz CT molecular complexity index is 488. The van der Waals surface area contributed by atoms with Gasteiger partial charge in [-0.3, -0.25) is 4.79 Å². The van der Waals surface area contributed by atoms with E-state index < -0.39 is 18.1 Å². The van der Waals surface area contributed by atoms with E-state index in [0.717, 1.165) is 5.69 Å². The van der Waals surface area contributed by atoms with E-state index in [0.29, 0.717) is 18.4 Å². The van der Waals surface area contributed by atoms with Crippen LogP contribution in [0.3, 0.4) is 0 Å². The molecule has 1 fully saturated rings. The smallest absolute Gasteiger partial charge is 0.172 e. The number of anilines is 1. The van der Waals surface area contributed by atoms with E-state index in [9.17, 15) is 15.0 Å². The van der Waals surface area contributed by atoms with Crippen molar-refractivity contribution < 1.29 is 15.0 Å². The average Bonchev–Trinajstić information content (AvgIpc) is 2.35. The molecule has 0 aromatic heterocycles. The Morgan fingerprint density at radius 2 is 1.94 bits per heavy atom. The van der Waals surface area contributed by atoms with Gasteiger partial charge in [-0.25, -0.2) is 0 Å². The summed E-state index contributed by atoms with van der Waals surface area (Å²) in [5.41, 5.74) is 1.57. The van der Waals surface area contributed by atoms with Crippen molar-refractivity contribution in [1.29, 1.82) is 0 Å². The number of Topliss-reactive ketones (excluding diaryl/α,β-unsaturated/α-hetero) is 1. The minimum absolute atomic E-state index is 0.00750. The van der Waals surface area contributed by atoms with Crippen molar-refractivity contribution in [3.63, 3.8) is 0 Å². The maximum Gasteiger partial charge on any atom is 0.172 e. The van der Waals surface area contributed by atoms with Gasteiger partial charge in [0.25, 0.3) is 0 Å². The molecule has 1 aromatic rings. The van der Waals surface area contributed by atoms with Crippen LogP contribution >= 0.6 is 0 Å². The predicted octanol–water partition coefficient (Wildman–Crippen LogP) is 0.819. The second-order valence-electron chi connectivity index (χ2n) is 5.28. The number of ketones is 1. The van der Waals surface area contributed by atoms with Crippen LogP contribution in [0, 0.1) is 5.92 Å². The number of nitrogens with zero attached hydrogens (tertiary/aromatic N) is 1. The fourth-order valence-corrected chi connectivity index (χ4v) is 3.30. The number of aliphatic hydroxyl groups is 2. The SMILES string of the molecule is CN1c2ccccc2C(=O)C2C(O)CC(O)CC21. The molecule has 3 rings (SSSR count). The molecule has 1 aromatic carbocycles. The average molecular weight is 247 g/mol. The minimum Gasteiger partial charge on any atom is -0.393 e. The van der Waals surface area contributed by atoms with Crippen LogP contribution in [0.15, 0.2) is 24.3 Å². The van der Waals surface area contributed by atoms with Gasteiger partial charge in [0.2, 0.25) is 0 Å². The molecular weight excluding hydrogens is 230 g/mol. The highest BCUT2D eigenvalue weighted by atomic mass is 16.3. The Kier molecular flexibility index (Phi) is 2.64. The normalized spacial score (nSPS) is 35.1. The number of hydrogen-bond acceptors (Lipinski definition) is 4. The van der Waals surface area contributed by atoms with Crippen LogP contribution in [0.4, 0.5) is 5.69 Å². The fourth-order valence-electron chi connectivity index (χ4n) is 3.30. The first-order valence-corrected chi connectivity index (χ1v) is 6.32. The van der Waals surface area contributed by atoms with E-state index in [1.165, 1.54) is 0 Å². The molecule has 2 N–H and O–H groups in total. The summed E-state index contributed by atoms with van der Waals surface area (Å²) in [5, 5.41) is 19.9. The summed E-state index contributed by atoms with van der Waals surface area (Å²) in [4.78, 5) is 14.5. The van der Waals surface area contributed by atoms with Crippen molar-refractivity contribution in [2.24, 2.45) is 5.92 Å². The Morgan fingerprint density at radius 3 is 2.72 bits per heavy atom. The monoisotopic (exact) mass is 247 g/mol. The summed E-state index contributed by atoms with van der Waals surface area (Å²) in [6, 6.07) is 7.36. The molecule has 1 heterocycles. The summed E-state index contributed by atoms with van der Waals surface area (Å²) in [5.74, 6) is -0.401. The van der Waals surface area contributed by atoms with Gasteiger partial charge in [-0.15, -0.1) is 0 Å². The van der Waals surface area contributed by atoms with E-state index in [2.05, 4.69) is 0 Å². The Hall–Kier alpha value is -1.39. The van der Waals surface area contributed by atoms with Crippen molar-refractivity contribution >= 4 is 11.5 Å². The maximum atomic E-state index is 12.4. The molecule has 0 spiro atoms. The number of carbonyl (C=O) groups excluding carboxylic acids is 1. The van der Waals surface area contributed by atoms with Crippen molar-refractivity contribution in [2.75, 3.05) is 11.9 Å². The van der Waals surface area contributed by atoms with E-state index >= 15 is 0 Å². The minimum atomic E-state index is -0.748. The molecule has 18 heavy (non-hydrogen) atoms. The molecule has 96 valence electrons. The van der Waals surface area contributed by atoms with E-state index in [1.54, 1.807) is 0 Å². The summed E-state index contributed by atoms with van der Waals surface area (Å²) in [7, 11) is 1.92. The summed E-state index contributed by atoms with van der Waals surface area (Å²) >= 11 is 0. The lowest BCUT2D eigenvalue weighted by Gasteiger charge is -2.46. The summed E-state index contributed by atoms with van der Waals surface area (Å²) in [6.45, 7) is 0. The molecule has 0 amide bonds. The standard InChI is InChI=1S/C14H17NO3/c1-15-10-5-3-2-4-9(10)14(18)13-11(15)6-8(16)7-12(13)17/h2-5,8,11-13,16-17H,6-7H2,1H3. The first-order chi connectivity index (χ1) is 8.59. The van der Waals surface area contributed by atoms with Gasteiger partial charge in [0.1, 0.15) is 0 Å². The third-order valence-corrected chi connectivity index (χ3v) is 4.21. The molecule has 4 nitrogen and oxygen atoms in total. The highest BCUT2D eigenvalue weighted by molar-refractivity contribution is 6.05. The van der Waals surface area contributed by atoms with Crippen molar-refractivity contribution in [3.05, 3.63) is 29.8 Å². The third-order valence-electron chi connectivity index (χ3n) is 4.21. The van der Waals surface area contributed by atoms with Crippen LogP contribution in [-0.2, 0) is 0 Å². The van der Waals surface area contributed by atoms with Crippen LogP contribution in [-0.4, -0.2) is 41.3 Å². The van der Waals surface area contributed by atoms with E-state index in [-0.39, 0.29) is 11.8 Å². The quantitative estimate of drug-likeness (QED) is 0.712. The molecule has 0 saturated heterocycles. The number of rotatable bonds is 0. The van der Waals surface area contributed by atoms with E-state index in [4.69, 9.17) is 0 Å². The lowest BCUT2D eigenvalue weighted by atomic mass is 9.73. The maximum absolute atomic E-state index is 12.4. The van der Waals surface area contributed by atoms with Crippen LogP contribution in [0.5, 0.6) is 0 Å². The Balaban J connectivity index is 2.08. The molecule has 1 aliphatic heterocycles. The van der Waals surface area contributed by atoms with Gasteiger partial charge in [0, 0.05) is 30.8 Å². The Morgan fingerprint density at radius 1 is 1.22 bits per heavy atom. The second kappa shape index (κ2) is 4.07. The zero-order chi connectivity index (χ0) is 12.9. The molecule has 0 radical (unpaired) electrons. The number of fused-ring (bicyclic) bond motifs is 2. The van der Waals surface area contributed by atoms with Crippen molar-refractivity contribution in [3.8, 4) is 0 Å². The van der Waals surface area contributed by atoms with Crippen molar-refractivity contribution in [1.82, 2.24) is 0 Å². The Labute approximate surface area is 106 Å². The van der Waals surface area contributed by atoms with Gasteiger partial charge in [0.15, 0.2) is 5.78 Å². The summed E-state index contributed by atoms with van der Waals surface area (Å²) < 4.78 is 0. The number of aliphatic hydroxyl groups excluding tert-OH is 2. The van der Waals surface area contributed by atoms with Gasteiger partial charge >= 0.3 is 0 Å². The molecule has 4 atom stereocenters. The molecule has 1 saturated carbocycles. The van der Waals surface area contributed by atoms with Crippen LogP contribution < -0.4 is 4.90 Å². The van der Waals surface area contributed by atoms with Gasteiger partial charge in [-0.2, -0.15) is 0 Å². The van der Waals surface area contributed by atoms with E-state index in [1.807, 2.05) is 36.2 Å². The van der Waals surface area contributed by atoms with Gasteiger partial charge in [-0.05, 0) is 18.6 Å². The first-order valence-electron chi connectivity index (χ1n) is 6.32. The van der Waals surface area contributed by atoms with Crippen molar-refractivity contribution in [2.45, 2.75) is 31.1 Å². The largest absolute Gasteiger partial charge is 0.393 e. The second-order valence-corrected chi connectivity index (χ2v) is 5.28. The molecule has 0 bridgehead atoms.